The lowest BCUT2D eigenvalue weighted by molar-refractivity contribution is -0.116. The molecule has 0 atom stereocenters. The number of carbonyl (C=O) groups excluding carboxylic acids is 1. The van der Waals surface area contributed by atoms with Gasteiger partial charge in [-0.15, -0.1) is 0 Å². The molecule has 0 aromatic heterocycles. The minimum absolute atomic E-state index is 0.0378. The van der Waals surface area contributed by atoms with Crippen LogP contribution in [0.1, 0.15) is 18.1 Å². The summed E-state index contributed by atoms with van der Waals surface area (Å²) in [5.74, 6) is -2.47. The number of ketones is 1. The maximum Gasteiger partial charge on any atom is 0.206 e. The molecule has 76 valence electrons. The van der Waals surface area contributed by atoms with Gasteiger partial charge in [0.2, 0.25) is 5.82 Å². The van der Waals surface area contributed by atoms with E-state index in [1.807, 2.05) is 0 Å². The summed E-state index contributed by atoms with van der Waals surface area (Å²) in [5.41, 5.74) is 0.502. The van der Waals surface area contributed by atoms with E-state index in [0.717, 1.165) is 0 Å². The smallest absolute Gasteiger partial charge is 0.206 e. The molecule has 0 saturated carbocycles. The van der Waals surface area contributed by atoms with Crippen molar-refractivity contribution >= 4 is 5.78 Å². The second kappa shape index (κ2) is 3.65. The number of benzene rings is 1. The summed E-state index contributed by atoms with van der Waals surface area (Å²) in [7, 11) is 0. The highest BCUT2D eigenvalue weighted by Gasteiger charge is 2.15. The van der Waals surface area contributed by atoms with Crippen molar-refractivity contribution in [1.82, 2.24) is 0 Å². The third kappa shape index (κ3) is 1.84. The van der Waals surface area contributed by atoms with Gasteiger partial charge in [0.1, 0.15) is 5.78 Å². The molecule has 1 aromatic rings. The first kappa shape index (κ1) is 10.5. The first-order chi connectivity index (χ1) is 6.43. The average Bonchev–Trinajstić information content (AvgIpc) is 2.10. The van der Waals surface area contributed by atoms with Crippen LogP contribution in [0.2, 0.25) is 0 Å². The number of halogens is 1. The molecule has 1 aromatic carbocycles. The van der Waals surface area contributed by atoms with Crippen molar-refractivity contribution in [2.45, 2.75) is 20.3 Å². The van der Waals surface area contributed by atoms with Crippen molar-refractivity contribution < 1.29 is 19.4 Å². The maximum absolute atomic E-state index is 13.1. The summed E-state index contributed by atoms with van der Waals surface area (Å²) in [6, 6.07) is 1.40. The standard InChI is InChI=1S/C10H11FO3/c1-5-3-7(4-6(2)12)10(14)8(11)9(5)13/h3,13-14H,4H2,1-2H3. The first-order valence-corrected chi connectivity index (χ1v) is 4.12. The maximum atomic E-state index is 13.1. The molecule has 0 bridgehead atoms. The van der Waals surface area contributed by atoms with Crippen LogP contribution in [0.3, 0.4) is 0 Å². The van der Waals surface area contributed by atoms with E-state index in [1.165, 1.54) is 19.9 Å². The Bertz CT molecular complexity index is 385. The second-order valence-electron chi connectivity index (χ2n) is 3.24. The molecule has 0 aliphatic heterocycles. The van der Waals surface area contributed by atoms with Crippen molar-refractivity contribution in [1.29, 1.82) is 0 Å². The highest BCUT2D eigenvalue weighted by molar-refractivity contribution is 5.79. The van der Waals surface area contributed by atoms with Gasteiger partial charge in [-0.25, -0.2) is 0 Å². The van der Waals surface area contributed by atoms with Gasteiger partial charge in [0.05, 0.1) is 0 Å². The molecule has 0 fully saturated rings. The lowest BCUT2D eigenvalue weighted by Crippen LogP contribution is -1.99. The zero-order valence-corrected chi connectivity index (χ0v) is 7.97. The summed E-state index contributed by atoms with van der Waals surface area (Å²) in [4.78, 5) is 10.8. The fraction of sp³-hybridized carbons (Fsp3) is 0.300. The van der Waals surface area contributed by atoms with E-state index < -0.39 is 17.3 Å². The Kier molecular flexibility index (Phi) is 2.74. The first-order valence-electron chi connectivity index (χ1n) is 4.12. The Morgan fingerprint density at radius 3 is 2.50 bits per heavy atom. The minimum atomic E-state index is -1.07. The summed E-state index contributed by atoms with van der Waals surface area (Å²) >= 11 is 0. The lowest BCUT2D eigenvalue weighted by atomic mass is 10.0. The van der Waals surface area contributed by atoms with E-state index in [1.54, 1.807) is 0 Å². The Labute approximate surface area is 80.8 Å². The largest absolute Gasteiger partial charge is 0.505 e. The van der Waals surface area contributed by atoms with Crippen molar-refractivity contribution in [2.24, 2.45) is 0 Å². The number of aryl methyl sites for hydroxylation is 1. The Hall–Kier alpha value is -1.58. The minimum Gasteiger partial charge on any atom is -0.505 e. The summed E-state index contributed by atoms with van der Waals surface area (Å²) in [6.07, 6.45) is -0.0378. The highest BCUT2D eigenvalue weighted by atomic mass is 19.1. The van der Waals surface area contributed by atoms with Crippen LogP contribution in [0.5, 0.6) is 11.5 Å². The molecule has 0 heterocycles. The van der Waals surface area contributed by atoms with Crippen LogP contribution in [0.15, 0.2) is 6.07 Å². The van der Waals surface area contributed by atoms with Gasteiger partial charge in [-0.2, -0.15) is 4.39 Å². The topological polar surface area (TPSA) is 57.5 Å². The van der Waals surface area contributed by atoms with Gasteiger partial charge in [0, 0.05) is 12.0 Å². The molecule has 0 saturated heterocycles. The van der Waals surface area contributed by atoms with Crippen LogP contribution in [-0.2, 0) is 11.2 Å². The molecule has 0 spiro atoms. The van der Waals surface area contributed by atoms with Crippen LogP contribution in [0, 0.1) is 12.7 Å². The molecule has 2 N–H and O–H groups in total. The van der Waals surface area contributed by atoms with Crippen LogP contribution < -0.4 is 0 Å². The third-order valence-electron chi connectivity index (χ3n) is 1.92. The molecule has 0 unspecified atom stereocenters. The number of hydrogen-bond acceptors (Lipinski definition) is 3. The molecule has 3 nitrogen and oxygen atoms in total. The molecule has 0 amide bonds. The average molecular weight is 198 g/mol. The predicted octanol–water partition coefficient (Wildman–Crippen LogP) is 1.68. The fourth-order valence-electron chi connectivity index (χ4n) is 1.23. The number of Topliss-reactive ketones (excluding diaryl/α,β-unsaturated/α-hetero) is 1. The Balaban J connectivity index is 3.25. The molecule has 14 heavy (non-hydrogen) atoms. The summed E-state index contributed by atoms with van der Waals surface area (Å²) in [5, 5.41) is 18.4. The molecule has 0 radical (unpaired) electrons. The quantitative estimate of drug-likeness (QED) is 0.760. The number of aromatic hydroxyl groups is 2. The van der Waals surface area contributed by atoms with Gasteiger partial charge in [-0.05, 0) is 25.5 Å². The van der Waals surface area contributed by atoms with Crippen LogP contribution in [0.25, 0.3) is 0 Å². The zero-order valence-electron chi connectivity index (χ0n) is 7.97. The van der Waals surface area contributed by atoms with E-state index in [2.05, 4.69) is 0 Å². The van der Waals surface area contributed by atoms with E-state index in [9.17, 15) is 14.3 Å². The van der Waals surface area contributed by atoms with Crippen molar-refractivity contribution in [2.75, 3.05) is 0 Å². The Morgan fingerprint density at radius 2 is 2.00 bits per heavy atom. The van der Waals surface area contributed by atoms with E-state index in [-0.39, 0.29) is 17.8 Å². The monoisotopic (exact) mass is 198 g/mol. The van der Waals surface area contributed by atoms with Crippen molar-refractivity contribution in [3.05, 3.63) is 23.0 Å². The van der Waals surface area contributed by atoms with E-state index in [0.29, 0.717) is 5.56 Å². The highest BCUT2D eigenvalue weighted by Crippen LogP contribution is 2.32. The Morgan fingerprint density at radius 1 is 1.43 bits per heavy atom. The molecule has 0 aliphatic rings. The van der Waals surface area contributed by atoms with E-state index >= 15 is 0 Å². The molecule has 4 heteroatoms. The molecule has 1 rings (SSSR count). The van der Waals surface area contributed by atoms with Gasteiger partial charge in [0.25, 0.3) is 0 Å². The number of hydrogen-bond donors (Lipinski definition) is 2. The third-order valence-corrected chi connectivity index (χ3v) is 1.92. The van der Waals surface area contributed by atoms with Crippen LogP contribution >= 0.6 is 0 Å². The summed E-state index contributed by atoms with van der Waals surface area (Å²) in [6.45, 7) is 2.85. The summed E-state index contributed by atoms with van der Waals surface area (Å²) < 4.78 is 13.1. The van der Waals surface area contributed by atoms with Crippen LogP contribution in [0.4, 0.5) is 4.39 Å². The lowest BCUT2D eigenvalue weighted by Gasteiger charge is -2.07. The molecule has 0 aliphatic carbocycles. The van der Waals surface area contributed by atoms with Gasteiger partial charge in [0.15, 0.2) is 11.5 Å². The second-order valence-corrected chi connectivity index (χ2v) is 3.24. The number of carbonyl (C=O) groups is 1. The number of phenols is 2. The van der Waals surface area contributed by atoms with E-state index in [4.69, 9.17) is 5.11 Å². The number of phenolic OH excluding ortho intramolecular Hbond substituents is 2. The van der Waals surface area contributed by atoms with Gasteiger partial charge < -0.3 is 10.2 Å². The number of rotatable bonds is 2. The SMILES string of the molecule is CC(=O)Cc1cc(C)c(O)c(F)c1O. The normalized spacial score (nSPS) is 10.2. The molecular formula is C10H11FO3. The molecular weight excluding hydrogens is 187 g/mol. The zero-order chi connectivity index (χ0) is 10.9. The predicted molar refractivity (Wildman–Crippen MR) is 48.9 cm³/mol. The van der Waals surface area contributed by atoms with Crippen molar-refractivity contribution in [3.8, 4) is 11.5 Å². The van der Waals surface area contributed by atoms with Crippen molar-refractivity contribution in [3.63, 3.8) is 0 Å². The fourth-order valence-corrected chi connectivity index (χ4v) is 1.23. The van der Waals surface area contributed by atoms with Gasteiger partial charge in [-0.3, -0.25) is 4.79 Å². The van der Waals surface area contributed by atoms with Crippen LogP contribution in [-0.4, -0.2) is 16.0 Å². The van der Waals surface area contributed by atoms with Gasteiger partial charge >= 0.3 is 0 Å². The van der Waals surface area contributed by atoms with Gasteiger partial charge in [-0.1, -0.05) is 0 Å².